The van der Waals surface area contributed by atoms with Crippen LogP contribution >= 0.6 is 23.2 Å². The molecule has 0 aliphatic carbocycles. The number of hydrogen-bond donors (Lipinski definition) is 1. The van der Waals surface area contributed by atoms with Crippen LogP contribution in [0.2, 0.25) is 10.0 Å². The van der Waals surface area contributed by atoms with Crippen LogP contribution in [-0.2, 0) is 0 Å². The summed E-state index contributed by atoms with van der Waals surface area (Å²) in [5, 5.41) is 10.5. The van der Waals surface area contributed by atoms with E-state index < -0.39 is 5.82 Å². The molecule has 1 N–H and O–H groups in total. The van der Waals surface area contributed by atoms with Gasteiger partial charge in [0, 0.05) is 16.1 Å². The van der Waals surface area contributed by atoms with E-state index in [0.717, 1.165) is 0 Å². The van der Waals surface area contributed by atoms with Crippen LogP contribution in [-0.4, -0.2) is 5.11 Å². The molecule has 0 bridgehead atoms. The Kier molecular flexibility index (Phi) is 3.03. The summed E-state index contributed by atoms with van der Waals surface area (Å²) in [6, 6.07) is 8.51. The fourth-order valence-corrected chi connectivity index (χ4v) is 1.94. The second-order valence-electron chi connectivity index (χ2n) is 3.29. The average Bonchev–Trinajstić information content (AvgIpc) is 2.22. The lowest BCUT2D eigenvalue weighted by molar-refractivity contribution is 0.475. The minimum absolute atomic E-state index is 0.0226. The molecule has 1 nitrogen and oxygen atoms in total. The average molecular weight is 257 g/mol. The first-order valence-electron chi connectivity index (χ1n) is 4.52. The first-order chi connectivity index (χ1) is 7.58. The van der Waals surface area contributed by atoms with Crippen molar-refractivity contribution in [3.63, 3.8) is 0 Å². The van der Waals surface area contributed by atoms with Gasteiger partial charge in [0.25, 0.3) is 0 Å². The van der Waals surface area contributed by atoms with E-state index in [9.17, 15) is 9.50 Å². The fourth-order valence-electron chi connectivity index (χ4n) is 1.43. The highest BCUT2D eigenvalue weighted by atomic mass is 35.5. The minimum Gasteiger partial charge on any atom is -0.507 e. The maximum Gasteiger partial charge on any atom is 0.124 e. The fraction of sp³-hybridized carbons (Fsp3) is 0. The number of aromatic hydroxyl groups is 1. The molecule has 0 heterocycles. The Hall–Kier alpha value is -1.25. The standard InChI is InChI=1S/C12H7Cl2FO/c13-7-1-3-9(11(14)5-7)10-6-8(15)2-4-12(10)16/h1-6,16H. The summed E-state index contributed by atoms with van der Waals surface area (Å²) in [7, 11) is 0. The van der Waals surface area contributed by atoms with Crippen LogP contribution in [0.1, 0.15) is 0 Å². The molecule has 0 saturated carbocycles. The highest BCUT2D eigenvalue weighted by Crippen LogP contribution is 2.35. The highest BCUT2D eigenvalue weighted by molar-refractivity contribution is 6.36. The molecule has 2 aromatic rings. The van der Waals surface area contributed by atoms with Gasteiger partial charge >= 0.3 is 0 Å². The lowest BCUT2D eigenvalue weighted by Crippen LogP contribution is -1.83. The Morgan fingerprint density at radius 3 is 2.38 bits per heavy atom. The number of halogens is 3. The zero-order valence-corrected chi connectivity index (χ0v) is 9.56. The molecule has 0 aliphatic heterocycles. The van der Waals surface area contributed by atoms with Crippen molar-refractivity contribution in [2.24, 2.45) is 0 Å². The second-order valence-corrected chi connectivity index (χ2v) is 4.13. The van der Waals surface area contributed by atoms with Crippen LogP contribution in [0.4, 0.5) is 4.39 Å². The van der Waals surface area contributed by atoms with Crippen LogP contribution < -0.4 is 0 Å². The maximum atomic E-state index is 13.1. The van der Waals surface area contributed by atoms with Crippen LogP contribution in [0.25, 0.3) is 11.1 Å². The number of phenols is 1. The van der Waals surface area contributed by atoms with E-state index in [-0.39, 0.29) is 5.75 Å². The van der Waals surface area contributed by atoms with Crippen molar-refractivity contribution in [3.05, 3.63) is 52.3 Å². The van der Waals surface area contributed by atoms with E-state index in [1.54, 1.807) is 18.2 Å². The highest BCUT2D eigenvalue weighted by Gasteiger charge is 2.09. The van der Waals surface area contributed by atoms with Crippen LogP contribution in [0, 0.1) is 5.82 Å². The second kappa shape index (κ2) is 4.32. The van der Waals surface area contributed by atoms with Gasteiger partial charge in [-0.1, -0.05) is 29.3 Å². The van der Waals surface area contributed by atoms with Gasteiger partial charge in [0.15, 0.2) is 0 Å². The molecule has 0 atom stereocenters. The van der Waals surface area contributed by atoms with E-state index in [2.05, 4.69) is 0 Å². The summed E-state index contributed by atoms with van der Waals surface area (Å²) in [5.41, 5.74) is 0.893. The van der Waals surface area contributed by atoms with Crippen LogP contribution in [0.3, 0.4) is 0 Å². The summed E-state index contributed by atoms with van der Waals surface area (Å²) in [6.07, 6.45) is 0. The Balaban J connectivity index is 2.62. The number of benzene rings is 2. The monoisotopic (exact) mass is 256 g/mol. The third-order valence-corrected chi connectivity index (χ3v) is 2.73. The van der Waals surface area contributed by atoms with Crippen molar-refractivity contribution in [1.29, 1.82) is 0 Å². The van der Waals surface area contributed by atoms with E-state index >= 15 is 0 Å². The van der Waals surface area contributed by atoms with Crippen LogP contribution in [0.15, 0.2) is 36.4 Å². The molecule has 16 heavy (non-hydrogen) atoms. The van der Waals surface area contributed by atoms with Crippen LogP contribution in [0.5, 0.6) is 5.75 Å². The normalized spacial score (nSPS) is 10.4. The summed E-state index contributed by atoms with van der Waals surface area (Å²) >= 11 is 11.7. The van der Waals surface area contributed by atoms with Gasteiger partial charge in [-0.2, -0.15) is 0 Å². The molecule has 2 aromatic carbocycles. The molecule has 82 valence electrons. The molecule has 0 fully saturated rings. The van der Waals surface area contributed by atoms with E-state index in [0.29, 0.717) is 21.2 Å². The maximum absolute atomic E-state index is 13.1. The van der Waals surface area contributed by atoms with E-state index in [1.807, 2.05) is 0 Å². The molecular weight excluding hydrogens is 250 g/mol. The zero-order valence-electron chi connectivity index (χ0n) is 8.05. The van der Waals surface area contributed by atoms with Gasteiger partial charge in [-0.15, -0.1) is 0 Å². The van der Waals surface area contributed by atoms with Crippen molar-refractivity contribution < 1.29 is 9.50 Å². The molecule has 0 spiro atoms. The van der Waals surface area contributed by atoms with Gasteiger partial charge in [0.05, 0.1) is 5.02 Å². The van der Waals surface area contributed by atoms with Crippen molar-refractivity contribution in [1.82, 2.24) is 0 Å². The summed E-state index contributed by atoms with van der Waals surface area (Å²) < 4.78 is 13.1. The molecule has 0 radical (unpaired) electrons. The number of rotatable bonds is 1. The van der Waals surface area contributed by atoms with Gasteiger partial charge < -0.3 is 5.11 Å². The molecule has 2 rings (SSSR count). The van der Waals surface area contributed by atoms with Crippen molar-refractivity contribution >= 4 is 23.2 Å². The third kappa shape index (κ3) is 2.13. The summed E-state index contributed by atoms with van der Waals surface area (Å²) in [6.45, 7) is 0. The largest absolute Gasteiger partial charge is 0.507 e. The van der Waals surface area contributed by atoms with Crippen molar-refractivity contribution in [2.45, 2.75) is 0 Å². The first kappa shape index (κ1) is 11.2. The SMILES string of the molecule is Oc1ccc(F)cc1-c1ccc(Cl)cc1Cl. The van der Waals surface area contributed by atoms with Gasteiger partial charge in [-0.05, 0) is 30.3 Å². The van der Waals surface area contributed by atoms with Crippen molar-refractivity contribution in [3.8, 4) is 16.9 Å². The molecule has 0 aromatic heterocycles. The lowest BCUT2D eigenvalue weighted by atomic mass is 10.0. The van der Waals surface area contributed by atoms with Gasteiger partial charge in [-0.3, -0.25) is 0 Å². The Labute approximate surface area is 102 Å². The van der Waals surface area contributed by atoms with E-state index in [4.69, 9.17) is 23.2 Å². The molecule has 4 heteroatoms. The molecule has 0 unspecified atom stereocenters. The predicted molar refractivity (Wildman–Crippen MR) is 63.5 cm³/mol. The molecule has 0 aliphatic rings. The zero-order chi connectivity index (χ0) is 11.7. The number of hydrogen-bond acceptors (Lipinski definition) is 1. The smallest absolute Gasteiger partial charge is 0.124 e. The Bertz CT molecular complexity index is 541. The summed E-state index contributed by atoms with van der Waals surface area (Å²) in [4.78, 5) is 0. The predicted octanol–water partition coefficient (Wildman–Crippen LogP) is 4.51. The lowest BCUT2D eigenvalue weighted by Gasteiger charge is -2.07. The Morgan fingerprint density at radius 1 is 0.938 bits per heavy atom. The van der Waals surface area contributed by atoms with Gasteiger partial charge in [0.2, 0.25) is 0 Å². The topological polar surface area (TPSA) is 20.2 Å². The minimum atomic E-state index is -0.432. The summed E-state index contributed by atoms with van der Waals surface area (Å²) in [5.74, 6) is -0.454. The van der Waals surface area contributed by atoms with Crippen molar-refractivity contribution in [2.75, 3.05) is 0 Å². The van der Waals surface area contributed by atoms with Gasteiger partial charge in [-0.25, -0.2) is 4.39 Å². The van der Waals surface area contributed by atoms with Gasteiger partial charge in [0.1, 0.15) is 11.6 Å². The van der Waals surface area contributed by atoms with E-state index in [1.165, 1.54) is 18.2 Å². The molecular formula is C12H7Cl2FO. The number of phenolic OH excluding ortho intramolecular Hbond substituents is 1. The Morgan fingerprint density at radius 2 is 1.69 bits per heavy atom. The first-order valence-corrected chi connectivity index (χ1v) is 5.27. The third-order valence-electron chi connectivity index (χ3n) is 2.18. The molecule has 0 amide bonds. The molecule has 0 saturated heterocycles. The quantitative estimate of drug-likeness (QED) is 0.797.